The summed E-state index contributed by atoms with van der Waals surface area (Å²) in [6.07, 6.45) is 2.37. The Balaban J connectivity index is 1.82. The van der Waals surface area contributed by atoms with Crippen molar-refractivity contribution in [3.63, 3.8) is 0 Å². The largest absolute Gasteiger partial charge is 0.468 e. The van der Waals surface area contributed by atoms with Gasteiger partial charge in [-0.3, -0.25) is 9.97 Å². The minimum atomic E-state index is -4.42. The van der Waals surface area contributed by atoms with Crippen molar-refractivity contribution in [1.29, 1.82) is 0 Å². The normalized spacial score (nSPS) is 14.2. The zero-order valence-corrected chi connectivity index (χ0v) is 17.5. The van der Waals surface area contributed by atoms with Crippen LogP contribution in [0.1, 0.15) is 32.0 Å². The second kappa shape index (κ2) is 8.63. The smallest absolute Gasteiger partial charge is 0.422 e. The SMILES string of the molecule is CC(C)(C)C(O)(Cc1cccnc1)c1ccc(-c2ccc(OCC(F)(F)F)nc2)cn1. The van der Waals surface area contributed by atoms with Gasteiger partial charge in [0.2, 0.25) is 5.88 Å². The van der Waals surface area contributed by atoms with E-state index >= 15 is 0 Å². The molecule has 0 amide bonds. The number of ether oxygens (including phenoxy) is 1. The molecule has 0 radical (unpaired) electrons. The standard InChI is InChI=1S/C23H24F3N3O2/c1-21(2,3)22(30,11-16-5-4-10-27-12-16)19-8-6-17(13-28-19)18-7-9-20(29-14-18)31-15-23(24,25)26/h4-10,12-14,30H,11,15H2,1-3H3. The zero-order valence-electron chi connectivity index (χ0n) is 17.5. The van der Waals surface area contributed by atoms with Gasteiger partial charge >= 0.3 is 6.18 Å². The van der Waals surface area contributed by atoms with Gasteiger partial charge in [-0.15, -0.1) is 0 Å². The average molecular weight is 431 g/mol. The van der Waals surface area contributed by atoms with Crippen molar-refractivity contribution < 1.29 is 23.0 Å². The van der Waals surface area contributed by atoms with E-state index < -0.39 is 23.8 Å². The Kier molecular flexibility index (Phi) is 6.31. The molecule has 3 rings (SSSR count). The van der Waals surface area contributed by atoms with Crippen molar-refractivity contribution in [2.75, 3.05) is 6.61 Å². The van der Waals surface area contributed by atoms with Crippen molar-refractivity contribution in [3.05, 3.63) is 72.4 Å². The van der Waals surface area contributed by atoms with Crippen LogP contribution in [0, 0.1) is 5.41 Å². The molecule has 3 aromatic rings. The van der Waals surface area contributed by atoms with E-state index in [4.69, 9.17) is 0 Å². The van der Waals surface area contributed by atoms with Crippen molar-refractivity contribution >= 4 is 0 Å². The van der Waals surface area contributed by atoms with Crippen LogP contribution in [0.3, 0.4) is 0 Å². The summed E-state index contributed by atoms with van der Waals surface area (Å²) in [6.45, 7) is 4.45. The third-order valence-corrected chi connectivity index (χ3v) is 5.06. The first-order chi connectivity index (χ1) is 14.5. The first-order valence-corrected chi connectivity index (χ1v) is 9.72. The third kappa shape index (κ3) is 5.58. The molecular formula is C23H24F3N3O2. The topological polar surface area (TPSA) is 68.1 Å². The summed E-state index contributed by atoms with van der Waals surface area (Å²) in [5.41, 5.74) is 1.06. The van der Waals surface area contributed by atoms with E-state index in [-0.39, 0.29) is 5.88 Å². The monoisotopic (exact) mass is 431 g/mol. The fourth-order valence-corrected chi connectivity index (χ4v) is 3.14. The fourth-order valence-electron chi connectivity index (χ4n) is 3.14. The van der Waals surface area contributed by atoms with Gasteiger partial charge in [0.05, 0.1) is 5.69 Å². The van der Waals surface area contributed by atoms with Gasteiger partial charge in [0.1, 0.15) is 5.60 Å². The summed E-state index contributed by atoms with van der Waals surface area (Å²) in [4.78, 5) is 12.5. The summed E-state index contributed by atoms with van der Waals surface area (Å²) in [5.74, 6) is -0.107. The van der Waals surface area contributed by atoms with Gasteiger partial charge in [-0.25, -0.2) is 4.98 Å². The fraction of sp³-hybridized carbons (Fsp3) is 0.348. The van der Waals surface area contributed by atoms with E-state index in [1.54, 1.807) is 36.8 Å². The molecule has 1 N–H and O–H groups in total. The summed E-state index contributed by atoms with van der Waals surface area (Å²) in [7, 11) is 0. The maximum Gasteiger partial charge on any atom is 0.422 e. The average Bonchev–Trinajstić information content (AvgIpc) is 2.72. The van der Waals surface area contributed by atoms with Crippen LogP contribution < -0.4 is 4.74 Å². The molecule has 0 aromatic carbocycles. The molecule has 31 heavy (non-hydrogen) atoms. The number of rotatable bonds is 6. The molecule has 8 heteroatoms. The molecule has 0 aliphatic carbocycles. The third-order valence-electron chi connectivity index (χ3n) is 5.06. The first kappa shape index (κ1) is 22.7. The highest BCUT2D eigenvalue weighted by molar-refractivity contribution is 5.61. The Hall–Kier alpha value is -3.00. The Bertz CT molecular complexity index is 986. The number of alkyl halides is 3. The molecule has 0 saturated heterocycles. The highest BCUT2D eigenvalue weighted by atomic mass is 19.4. The zero-order chi connectivity index (χ0) is 22.7. The number of pyridine rings is 3. The highest BCUT2D eigenvalue weighted by Gasteiger charge is 2.43. The Morgan fingerprint density at radius 2 is 1.58 bits per heavy atom. The Morgan fingerprint density at radius 1 is 0.903 bits per heavy atom. The Morgan fingerprint density at radius 3 is 2.06 bits per heavy atom. The highest BCUT2D eigenvalue weighted by Crippen LogP contribution is 2.41. The molecule has 164 valence electrons. The van der Waals surface area contributed by atoms with Gasteiger partial charge < -0.3 is 9.84 Å². The minimum Gasteiger partial charge on any atom is -0.468 e. The molecule has 3 aromatic heterocycles. The van der Waals surface area contributed by atoms with Crippen LogP contribution in [0.25, 0.3) is 11.1 Å². The van der Waals surface area contributed by atoms with Gasteiger partial charge in [-0.2, -0.15) is 13.2 Å². The molecule has 0 bridgehead atoms. The van der Waals surface area contributed by atoms with E-state index in [0.29, 0.717) is 17.7 Å². The molecular weight excluding hydrogens is 407 g/mol. The van der Waals surface area contributed by atoms with Gasteiger partial charge in [0.25, 0.3) is 0 Å². The number of hydrogen-bond acceptors (Lipinski definition) is 5. The first-order valence-electron chi connectivity index (χ1n) is 9.72. The summed E-state index contributed by atoms with van der Waals surface area (Å²) in [5, 5.41) is 11.6. The van der Waals surface area contributed by atoms with Gasteiger partial charge in [-0.1, -0.05) is 32.9 Å². The predicted molar refractivity (Wildman–Crippen MR) is 110 cm³/mol. The molecule has 1 atom stereocenters. The molecule has 1 unspecified atom stereocenters. The van der Waals surface area contributed by atoms with E-state index in [9.17, 15) is 18.3 Å². The quantitative estimate of drug-likeness (QED) is 0.598. The molecule has 5 nitrogen and oxygen atoms in total. The molecule has 0 fully saturated rings. The maximum atomic E-state index is 12.3. The lowest BCUT2D eigenvalue weighted by Gasteiger charge is -2.40. The van der Waals surface area contributed by atoms with Gasteiger partial charge in [0.15, 0.2) is 6.61 Å². The van der Waals surface area contributed by atoms with E-state index in [1.165, 1.54) is 12.3 Å². The summed E-state index contributed by atoms with van der Waals surface area (Å²) >= 11 is 0. The molecule has 0 aliphatic rings. The number of aromatic nitrogens is 3. The van der Waals surface area contributed by atoms with Crippen molar-refractivity contribution in [2.24, 2.45) is 5.41 Å². The van der Waals surface area contributed by atoms with E-state index in [0.717, 1.165) is 11.1 Å². The summed E-state index contributed by atoms with van der Waals surface area (Å²) in [6, 6.07) is 10.3. The van der Waals surface area contributed by atoms with Crippen LogP contribution in [-0.2, 0) is 12.0 Å². The van der Waals surface area contributed by atoms with Gasteiger partial charge in [0, 0.05) is 48.4 Å². The maximum absolute atomic E-state index is 12.3. The van der Waals surface area contributed by atoms with Crippen LogP contribution in [0.5, 0.6) is 5.88 Å². The van der Waals surface area contributed by atoms with Crippen LogP contribution in [-0.4, -0.2) is 32.8 Å². The second-order valence-electron chi connectivity index (χ2n) is 8.37. The lowest BCUT2D eigenvalue weighted by molar-refractivity contribution is -0.154. The Labute approximate surface area is 179 Å². The number of aliphatic hydroxyl groups is 1. The molecule has 3 heterocycles. The van der Waals surface area contributed by atoms with Crippen LogP contribution in [0.4, 0.5) is 13.2 Å². The van der Waals surface area contributed by atoms with E-state index in [2.05, 4.69) is 19.7 Å². The molecule has 0 spiro atoms. The van der Waals surface area contributed by atoms with Crippen molar-refractivity contribution in [2.45, 2.75) is 39.0 Å². The molecule has 0 saturated carbocycles. The van der Waals surface area contributed by atoms with Crippen molar-refractivity contribution in [1.82, 2.24) is 15.0 Å². The minimum absolute atomic E-state index is 0.107. The second-order valence-corrected chi connectivity index (χ2v) is 8.37. The number of nitrogens with zero attached hydrogens (tertiary/aromatic N) is 3. The van der Waals surface area contributed by atoms with Gasteiger partial charge in [-0.05, 0) is 29.2 Å². The van der Waals surface area contributed by atoms with Crippen LogP contribution in [0.2, 0.25) is 0 Å². The molecule has 0 aliphatic heterocycles. The predicted octanol–water partition coefficient (Wildman–Crippen LogP) is 4.96. The van der Waals surface area contributed by atoms with Crippen LogP contribution in [0.15, 0.2) is 61.2 Å². The summed E-state index contributed by atoms with van der Waals surface area (Å²) < 4.78 is 41.4. The number of hydrogen-bond donors (Lipinski definition) is 1. The van der Waals surface area contributed by atoms with Crippen molar-refractivity contribution in [3.8, 4) is 17.0 Å². The van der Waals surface area contributed by atoms with Crippen LogP contribution >= 0.6 is 0 Å². The number of halogens is 3. The lowest BCUT2D eigenvalue weighted by atomic mass is 9.71. The lowest BCUT2D eigenvalue weighted by Crippen LogP contribution is -2.42. The van der Waals surface area contributed by atoms with E-state index in [1.807, 2.05) is 32.9 Å².